The zero-order chi connectivity index (χ0) is 8.39. The first-order chi connectivity index (χ1) is 5.88. The third-order valence-corrected chi connectivity index (χ3v) is 2.56. The fourth-order valence-electron chi connectivity index (χ4n) is 1.88. The van der Waals surface area contributed by atoms with Gasteiger partial charge >= 0.3 is 0 Å². The van der Waals surface area contributed by atoms with Crippen molar-refractivity contribution in [2.24, 2.45) is 0 Å². The van der Waals surface area contributed by atoms with Crippen LogP contribution in [0.1, 0.15) is 31.7 Å². The van der Waals surface area contributed by atoms with Crippen LogP contribution in [0.25, 0.3) is 0 Å². The molecule has 1 fully saturated rings. The van der Waals surface area contributed by atoms with Gasteiger partial charge < -0.3 is 5.11 Å². The molecule has 1 saturated carbocycles. The molecule has 3 heteroatoms. The predicted octanol–water partition coefficient (Wildman–Crippen LogP) is 1.36. The summed E-state index contributed by atoms with van der Waals surface area (Å²) in [5, 5.41) is 13.8. The molecule has 1 heterocycles. The summed E-state index contributed by atoms with van der Waals surface area (Å²) in [6.45, 7) is 0. The van der Waals surface area contributed by atoms with Gasteiger partial charge in [0.25, 0.3) is 0 Å². The highest BCUT2D eigenvalue weighted by molar-refractivity contribution is 4.86. The Morgan fingerprint density at radius 2 is 2.17 bits per heavy atom. The van der Waals surface area contributed by atoms with Gasteiger partial charge in [0.15, 0.2) is 0 Å². The lowest BCUT2D eigenvalue weighted by Gasteiger charge is -2.27. The molecular weight excluding hydrogens is 152 g/mol. The predicted molar refractivity (Wildman–Crippen MR) is 45.7 cm³/mol. The van der Waals surface area contributed by atoms with Gasteiger partial charge in [0.2, 0.25) is 0 Å². The summed E-state index contributed by atoms with van der Waals surface area (Å²) in [7, 11) is 0. The topological polar surface area (TPSA) is 38.0 Å². The Bertz CT molecular complexity index is 233. The average molecular weight is 166 g/mol. The summed E-state index contributed by atoms with van der Waals surface area (Å²) in [4.78, 5) is 0. The van der Waals surface area contributed by atoms with E-state index in [1.165, 1.54) is 6.42 Å². The minimum Gasteiger partial charge on any atom is -0.391 e. The second kappa shape index (κ2) is 3.27. The van der Waals surface area contributed by atoms with Gasteiger partial charge in [-0.1, -0.05) is 12.8 Å². The average Bonchev–Trinajstić information content (AvgIpc) is 2.57. The van der Waals surface area contributed by atoms with Crippen molar-refractivity contribution >= 4 is 0 Å². The Morgan fingerprint density at radius 3 is 2.83 bits per heavy atom. The number of nitrogens with zero attached hydrogens (tertiary/aromatic N) is 2. The molecule has 0 amide bonds. The minimum atomic E-state index is -0.196. The number of aromatic nitrogens is 2. The Kier molecular flexibility index (Phi) is 2.13. The molecule has 0 bridgehead atoms. The van der Waals surface area contributed by atoms with Crippen molar-refractivity contribution in [2.45, 2.75) is 37.8 Å². The Morgan fingerprint density at radius 1 is 1.33 bits per heavy atom. The second-order valence-electron chi connectivity index (χ2n) is 3.41. The lowest BCUT2D eigenvalue weighted by atomic mass is 9.93. The van der Waals surface area contributed by atoms with Crippen molar-refractivity contribution in [3.63, 3.8) is 0 Å². The Hall–Kier alpha value is -0.830. The van der Waals surface area contributed by atoms with E-state index in [1.807, 2.05) is 16.9 Å². The van der Waals surface area contributed by atoms with E-state index in [1.54, 1.807) is 6.20 Å². The van der Waals surface area contributed by atoms with Crippen LogP contribution in [0.2, 0.25) is 0 Å². The van der Waals surface area contributed by atoms with Crippen LogP contribution >= 0.6 is 0 Å². The van der Waals surface area contributed by atoms with Crippen LogP contribution < -0.4 is 0 Å². The highest BCUT2D eigenvalue weighted by Gasteiger charge is 2.24. The zero-order valence-corrected chi connectivity index (χ0v) is 7.06. The van der Waals surface area contributed by atoms with Crippen molar-refractivity contribution in [1.82, 2.24) is 9.78 Å². The zero-order valence-electron chi connectivity index (χ0n) is 7.06. The quantitative estimate of drug-likeness (QED) is 0.684. The van der Waals surface area contributed by atoms with E-state index in [-0.39, 0.29) is 12.1 Å². The molecule has 2 rings (SSSR count). The summed E-state index contributed by atoms with van der Waals surface area (Å²) in [5.41, 5.74) is 0. The number of rotatable bonds is 1. The largest absolute Gasteiger partial charge is 0.391 e. The van der Waals surface area contributed by atoms with E-state index >= 15 is 0 Å². The van der Waals surface area contributed by atoms with Crippen LogP contribution in [0.4, 0.5) is 0 Å². The molecule has 66 valence electrons. The van der Waals surface area contributed by atoms with Gasteiger partial charge in [-0.15, -0.1) is 0 Å². The third-order valence-electron chi connectivity index (χ3n) is 2.56. The standard InChI is InChI=1S/C9H14N2O/c12-9-5-2-1-4-8(9)11-7-3-6-10-11/h3,6-9,12H,1-2,4-5H2. The molecule has 12 heavy (non-hydrogen) atoms. The van der Waals surface area contributed by atoms with E-state index in [4.69, 9.17) is 0 Å². The lowest BCUT2D eigenvalue weighted by Crippen LogP contribution is -2.27. The molecule has 3 nitrogen and oxygen atoms in total. The molecule has 1 aliphatic carbocycles. The molecule has 0 aromatic carbocycles. The van der Waals surface area contributed by atoms with E-state index < -0.39 is 0 Å². The van der Waals surface area contributed by atoms with Crippen LogP contribution in [-0.2, 0) is 0 Å². The van der Waals surface area contributed by atoms with E-state index in [2.05, 4.69) is 5.10 Å². The first kappa shape index (κ1) is 7.80. The molecule has 1 aliphatic rings. The lowest BCUT2D eigenvalue weighted by molar-refractivity contribution is 0.0694. The summed E-state index contributed by atoms with van der Waals surface area (Å²) < 4.78 is 1.88. The summed E-state index contributed by atoms with van der Waals surface area (Å²) in [6, 6.07) is 2.12. The first-order valence-electron chi connectivity index (χ1n) is 4.55. The van der Waals surface area contributed by atoms with E-state index in [0.29, 0.717) is 0 Å². The fourth-order valence-corrected chi connectivity index (χ4v) is 1.88. The number of hydrogen-bond acceptors (Lipinski definition) is 2. The van der Waals surface area contributed by atoms with Crippen molar-refractivity contribution < 1.29 is 5.11 Å². The van der Waals surface area contributed by atoms with E-state index in [0.717, 1.165) is 19.3 Å². The normalized spacial score (nSPS) is 30.4. The van der Waals surface area contributed by atoms with Gasteiger partial charge in [-0.05, 0) is 18.9 Å². The summed E-state index contributed by atoms with van der Waals surface area (Å²) >= 11 is 0. The number of hydrogen-bond donors (Lipinski definition) is 1. The summed E-state index contributed by atoms with van der Waals surface area (Å²) in [6.07, 6.45) is 7.84. The molecule has 0 saturated heterocycles. The molecule has 0 radical (unpaired) electrons. The molecule has 0 spiro atoms. The van der Waals surface area contributed by atoms with Crippen LogP contribution in [0.3, 0.4) is 0 Å². The van der Waals surface area contributed by atoms with Gasteiger partial charge in [0.05, 0.1) is 12.1 Å². The van der Waals surface area contributed by atoms with Crippen LogP contribution in [-0.4, -0.2) is 21.0 Å². The van der Waals surface area contributed by atoms with Crippen molar-refractivity contribution in [3.05, 3.63) is 18.5 Å². The van der Waals surface area contributed by atoms with Gasteiger partial charge in [-0.3, -0.25) is 4.68 Å². The summed E-state index contributed by atoms with van der Waals surface area (Å²) in [5.74, 6) is 0. The first-order valence-corrected chi connectivity index (χ1v) is 4.55. The molecule has 1 aromatic rings. The van der Waals surface area contributed by atoms with E-state index in [9.17, 15) is 5.11 Å². The minimum absolute atomic E-state index is 0.196. The van der Waals surface area contributed by atoms with Crippen molar-refractivity contribution in [3.8, 4) is 0 Å². The molecule has 2 unspecified atom stereocenters. The van der Waals surface area contributed by atoms with Crippen molar-refractivity contribution in [1.29, 1.82) is 0 Å². The maximum atomic E-state index is 9.68. The third kappa shape index (κ3) is 1.37. The van der Waals surface area contributed by atoms with Crippen LogP contribution in [0, 0.1) is 0 Å². The SMILES string of the molecule is OC1CCCCC1n1cccn1. The van der Waals surface area contributed by atoms with Gasteiger partial charge in [0, 0.05) is 12.4 Å². The number of aliphatic hydroxyl groups excluding tert-OH is 1. The van der Waals surface area contributed by atoms with Gasteiger partial charge in [0.1, 0.15) is 0 Å². The fraction of sp³-hybridized carbons (Fsp3) is 0.667. The monoisotopic (exact) mass is 166 g/mol. The highest BCUT2D eigenvalue weighted by atomic mass is 16.3. The molecule has 1 aromatic heterocycles. The molecule has 1 N–H and O–H groups in total. The molecule has 2 atom stereocenters. The maximum absolute atomic E-state index is 9.68. The second-order valence-corrected chi connectivity index (χ2v) is 3.41. The van der Waals surface area contributed by atoms with Crippen LogP contribution in [0.5, 0.6) is 0 Å². The highest BCUT2D eigenvalue weighted by Crippen LogP contribution is 2.27. The van der Waals surface area contributed by atoms with Crippen molar-refractivity contribution in [2.75, 3.05) is 0 Å². The Labute approximate surface area is 72.0 Å². The number of aliphatic hydroxyl groups is 1. The van der Waals surface area contributed by atoms with Gasteiger partial charge in [-0.25, -0.2) is 0 Å². The molecule has 0 aliphatic heterocycles. The maximum Gasteiger partial charge on any atom is 0.0778 e. The Balaban J connectivity index is 2.11. The molecular formula is C9H14N2O. The van der Waals surface area contributed by atoms with Crippen LogP contribution in [0.15, 0.2) is 18.5 Å². The van der Waals surface area contributed by atoms with Gasteiger partial charge in [-0.2, -0.15) is 5.10 Å². The smallest absolute Gasteiger partial charge is 0.0778 e.